The van der Waals surface area contributed by atoms with E-state index in [9.17, 15) is 4.79 Å². The summed E-state index contributed by atoms with van der Waals surface area (Å²) in [6.07, 6.45) is 4.93. The zero-order chi connectivity index (χ0) is 20.2. The molecule has 29 heavy (non-hydrogen) atoms. The Balaban J connectivity index is 1.70. The molecule has 4 aromatic rings. The van der Waals surface area contributed by atoms with Crippen LogP contribution in [0.15, 0.2) is 76.9 Å². The molecule has 2 heterocycles. The zero-order valence-electron chi connectivity index (χ0n) is 15.5. The normalized spacial score (nSPS) is 11.1. The van der Waals surface area contributed by atoms with Crippen LogP contribution in [-0.4, -0.2) is 26.2 Å². The van der Waals surface area contributed by atoms with Crippen molar-refractivity contribution in [2.24, 2.45) is 5.10 Å². The number of halogens is 1. The minimum atomic E-state index is -0.482. The average molecular weight is 405 g/mol. The molecule has 0 atom stereocenters. The predicted octanol–water partition coefficient (Wildman–Crippen LogP) is 4.03. The van der Waals surface area contributed by atoms with E-state index < -0.39 is 5.56 Å². The standard InChI is InChI=1S/C21H17ClN6O/c1-14-7-9-15(10-8-14)20-16(13-28(27-20)17-5-3-2-4-6-17)11-23-25-18-12-24-26-21(29)19(18)22/h2-13H,1H3,(H2,25,26,29)/b23-11-. The van der Waals surface area contributed by atoms with Gasteiger partial charge in [0.25, 0.3) is 5.56 Å². The number of rotatable bonds is 5. The first-order chi connectivity index (χ1) is 14.1. The highest BCUT2D eigenvalue weighted by molar-refractivity contribution is 6.32. The van der Waals surface area contributed by atoms with Gasteiger partial charge < -0.3 is 0 Å². The lowest BCUT2D eigenvalue weighted by Gasteiger charge is -2.02. The summed E-state index contributed by atoms with van der Waals surface area (Å²) in [5.41, 5.74) is 7.27. The molecule has 8 heteroatoms. The highest BCUT2D eigenvalue weighted by Gasteiger charge is 2.11. The van der Waals surface area contributed by atoms with Gasteiger partial charge in [-0.25, -0.2) is 9.78 Å². The van der Waals surface area contributed by atoms with Crippen LogP contribution in [0.5, 0.6) is 0 Å². The van der Waals surface area contributed by atoms with E-state index in [4.69, 9.17) is 16.7 Å². The van der Waals surface area contributed by atoms with Crippen LogP contribution in [0.25, 0.3) is 16.9 Å². The van der Waals surface area contributed by atoms with Crippen molar-refractivity contribution >= 4 is 23.5 Å². The molecule has 144 valence electrons. The summed E-state index contributed by atoms with van der Waals surface area (Å²) in [6.45, 7) is 2.04. The van der Waals surface area contributed by atoms with Crippen LogP contribution >= 0.6 is 11.6 Å². The lowest BCUT2D eigenvalue weighted by atomic mass is 10.1. The molecule has 0 aliphatic carbocycles. The number of nitrogens with one attached hydrogen (secondary N) is 2. The Labute approximate surface area is 171 Å². The van der Waals surface area contributed by atoms with Gasteiger partial charge in [0.05, 0.1) is 18.1 Å². The number of aromatic amines is 1. The van der Waals surface area contributed by atoms with Gasteiger partial charge >= 0.3 is 0 Å². The second-order valence-corrected chi connectivity index (χ2v) is 6.75. The fourth-order valence-electron chi connectivity index (χ4n) is 2.76. The van der Waals surface area contributed by atoms with Crippen LogP contribution in [-0.2, 0) is 0 Å². The Morgan fingerprint density at radius 3 is 2.66 bits per heavy atom. The Bertz CT molecular complexity index is 1210. The van der Waals surface area contributed by atoms with Crippen molar-refractivity contribution in [2.45, 2.75) is 6.92 Å². The van der Waals surface area contributed by atoms with Gasteiger partial charge in [0, 0.05) is 17.3 Å². The first-order valence-electron chi connectivity index (χ1n) is 8.86. The number of hydrazone groups is 1. The topological polar surface area (TPSA) is 88.0 Å². The fourth-order valence-corrected chi connectivity index (χ4v) is 2.90. The Kier molecular flexibility index (Phi) is 5.22. The molecule has 0 aliphatic rings. The van der Waals surface area contributed by atoms with Gasteiger partial charge in [0.1, 0.15) is 16.4 Å². The summed E-state index contributed by atoms with van der Waals surface area (Å²) < 4.78 is 1.80. The molecular formula is C21H17ClN6O. The minimum absolute atomic E-state index is 0.00381. The Morgan fingerprint density at radius 2 is 1.90 bits per heavy atom. The molecule has 0 saturated heterocycles. The number of anilines is 1. The summed E-state index contributed by atoms with van der Waals surface area (Å²) in [6, 6.07) is 18.0. The maximum absolute atomic E-state index is 11.5. The molecule has 2 N–H and O–H groups in total. The van der Waals surface area contributed by atoms with Crippen molar-refractivity contribution in [3.8, 4) is 16.9 Å². The van der Waals surface area contributed by atoms with E-state index in [1.165, 1.54) is 11.8 Å². The van der Waals surface area contributed by atoms with Gasteiger partial charge in [-0.15, -0.1) is 0 Å². The van der Waals surface area contributed by atoms with Crippen molar-refractivity contribution in [1.29, 1.82) is 0 Å². The molecule has 0 radical (unpaired) electrons. The van der Waals surface area contributed by atoms with E-state index in [0.717, 1.165) is 22.5 Å². The molecule has 4 rings (SSSR count). The maximum Gasteiger partial charge on any atom is 0.285 e. The van der Waals surface area contributed by atoms with Crippen LogP contribution in [0.3, 0.4) is 0 Å². The highest BCUT2D eigenvalue weighted by atomic mass is 35.5. The Morgan fingerprint density at radius 1 is 1.14 bits per heavy atom. The lowest BCUT2D eigenvalue weighted by Crippen LogP contribution is -2.10. The number of benzene rings is 2. The number of hydrogen-bond donors (Lipinski definition) is 2. The smallest absolute Gasteiger partial charge is 0.275 e. The van der Waals surface area contributed by atoms with Crippen molar-refractivity contribution in [1.82, 2.24) is 20.0 Å². The van der Waals surface area contributed by atoms with E-state index >= 15 is 0 Å². The van der Waals surface area contributed by atoms with Crippen LogP contribution in [0.2, 0.25) is 5.02 Å². The molecule has 0 spiro atoms. The third-order valence-electron chi connectivity index (χ3n) is 4.27. The average Bonchev–Trinajstić information content (AvgIpc) is 3.16. The lowest BCUT2D eigenvalue weighted by molar-refractivity contribution is 0.884. The summed E-state index contributed by atoms with van der Waals surface area (Å²) >= 11 is 5.96. The largest absolute Gasteiger partial charge is 0.285 e. The third-order valence-corrected chi connectivity index (χ3v) is 4.65. The second-order valence-electron chi connectivity index (χ2n) is 6.38. The second kappa shape index (κ2) is 8.12. The molecule has 2 aromatic heterocycles. The van der Waals surface area contributed by atoms with Gasteiger partial charge in [-0.3, -0.25) is 10.2 Å². The van der Waals surface area contributed by atoms with Crippen LogP contribution < -0.4 is 11.0 Å². The predicted molar refractivity (Wildman–Crippen MR) is 115 cm³/mol. The number of aromatic nitrogens is 4. The number of aryl methyl sites for hydroxylation is 1. The van der Waals surface area contributed by atoms with Gasteiger partial charge in [-0.05, 0) is 19.1 Å². The van der Waals surface area contributed by atoms with Gasteiger partial charge in [0.2, 0.25) is 0 Å². The van der Waals surface area contributed by atoms with E-state index in [0.29, 0.717) is 5.69 Å². The molecule has 0 bridgehead atoms. The van der Waals surface area contributed by atoms with Gasteiger partial charge in [-0.2, -0.15) is 15.3 Å². The monoisotopic (exact) mass is 404 g/mol. The number of hydrogen-bond acceptors (Lipinski definition) is 5. The molecule has 0 saturated carbocycles. The SMILES string of the molecule is Cc1ccc(-c2nn(-c3ccccc3)cc2/C=N\Nc2cn[nH]c(=O)c2Cl)cc1. The van der Waals surface area contributed by atoms with Gasteiger partial charge in [0.15, 0.2) is 0 Å². The van der Waals surface area contributed by atoms with Crippen LogP contribution in [0.1, 0.15) is 11.1 Å². The van der Waals surface area contributed by atoms with Crippen molar-refractivity contribution in [3.63, 3.8) is 0 Å². The molecule has 0 amide bonds. The van der Waals surface area contributed by atoms with E-state index in [1.54, 1.807) is 10.9 Å². The molecule has 2 aromatic carbocycles. The minimum Gasteiger partial charge on any atom is -0.275 e. The zero-order valence-corrected chi connectivity index (χ0v) is 16.3. The molecule has 7 nitrogen and oxygen atoms in total. The van der Waals surface area contributed by atoms with E-state index in [2.05, 4.69) is 20.7 Å². The first kappa shape index (κ1) is 18.6. The molecule has 0 unspecified atom stereocenters. The first-order valence-corrected chi connectivity index (χ1v) is 9.24. The number of nitrogens with zero attached hydrogens (tertiary/aromatic N) is 4. The van der Waals surface area contributed by atoms with Crippen molar-refractivity contribution in [2.75, 3.05) is 5.43 Å². The van der Waals surface area contributed by atoms with E-state index in [1.807, 2.05) is 67.7 Å². The maximum atomic E-state index is 11.5. The third kappa shape index (κ3) is 4.09. The number of H-pyrrole nitrogens is 1. The highest BCUT2D eigenvalue weighted by Crippen LogP contribution is 2.23. The van der Waals surface area contributed by atoms with Crippen molar-refractivity contribution < 1.29 is 0 Å². The summed E-state index contributed by atoms with van der Waals surface area (Å²) in [4.78, 5) is 11.5. The number of para-hydroxylation sites is 1. The quantitative estimate of drug-likeness (QED) is 0.388. The summed E-state index contributed by atoms with van der Waals surface area (Å²) in [5.74, 6) is 0. The fraction of sp³-hybridized carbons (Fsp3) is 0.0476. The van der Waals surface area contributed by atoms with Gasteiger partial charge in [-0.1, -0.05) is 59.6 Å². The molecular weight excluding hydrogens is 388 g/mol. The molecule has 0 aliphatic heterocycles. The van der Waals surface area contributed by atoms with Crippen molar-refractivity contribution in [3.05, 3.63) is 93.5 Å². The summed E-state index contributed by atoms with van der Waals surface area (Å²) in [7, 11) is 0. The molecule has 0 fully saturated rings. The summed E-state index contributed by atoms with van der Waals surface area (Å²) in [5, 5.41) is 14.9. The Hall–Kier alpha value is -3.71. The van der Waals surface area contributed by atoms with Crippen LogP contribution in [0, 0.1) is 6.92 Å². The van der Waals surface area contributed by atoms with E-state index in [-0.39, 0.29) is 5.02 Å². The van der Waals surface area contributed by atoms with Crippen LogP contribution in [0.4, 0.5) is 5.69 Å².